The number of nitrogens with zero attached hydrogens (tertiary/aromatic N) is 2. The van der Waals surface area contributed by atoms with Crippen LogP contribution < -0.4 is 5.32 Å². The molecule has 0 aliphatic heterocycles. The summed E-state index contributed by atoms with van der Waals surface area (Å²) in [7, 11) is 0. The molecule has 0 radical (unpaired) electrons. The lowest BCUT2D eigenvalue weighted by atomic mass is 10.6. The average Bonchev–Trinajstić information content (AvgIpc) is 1.95. The molecule has 0 aliphatic rings. The van der Waals surface area contributed by atoms with E-state index >= 15 is 0 Å². The molecule has 0 saturated carbocycles. The number of hydrogen-bond donors (Lipinski definition) is 1. The standard InChI is InChI=1S/C6H8FN3/c1-2-8-6-4-9-5(7)3-10-6/h3-4H,2H2,1H3,(H,8,10). The Morgan fingerprint density at radius 1 is 1.50 bits per heavy atom. The third-order valence-electron chi connectivity index (χ3n) is 0.978. The van der Waals surface area contributed by atoms with Gasteiger partial charge in [0.2, 0.25) is 5.95 Å². The van der Waals surface area contributed by atoms with E-state index in [4.69, 9.17) is 0 Å². The molecule has 1 N–H and O–H groups in total. The van der Waals surface area contributed by atoms with Crippen LogP contribution in [0, 0.1) is 5.95 Å². The van der Waals surface area contributed by atoms with Crippen LogP contribution in [0.4, 0.5) is 10.2 Å². The molecule has 0 unspecified atom stereocenters. The normalized spacial score (nSPS) is 9.40. The van der Waals surface area contributed by atoms with Crippen molar-refractivity contribution in [2.75, 3.05) is 11.9 Å². The molecule has 10 heavy (non-hydrogen) atoms. The predicted molar refractivity (Wildman–Crippen MR) is 36.2 cm³/mol. The first-order chi connectivity index (χ1) is 4.83. The van der Waals surface area contributed by atoms with Gasteiger partial charge in [0.15, 0.2) is 0 Å². The number of halogens is 1. The molecular formula is C6H8FN3. The van der Waals surface area contributed by atoms with Crippen LogP contribution in [0.2, 0.25) is 0 Å². The smallest absolute Gasteiger partial charge is 0.231 e. The molecule has 1 aromatic heterocycles. The minimum Gasteiger partial charge on any atom is -0.369 e. The Balaban J connectivity index is 2.69. The molecular weight excluding hydrogens is 133 g/mol. The monoisotopic (exact) mass is 141 g/mol. The molecule has 0 atom stereocenters. The minimum absolute atomic E-state index is 0.554. The molecule has 0 saturated heterocycles. The summed E-state index contributed by atoms with van der Waals surface area (Å²) in [6.45, 7) is 2.70. The van der Waals surface area contributed by atoms with E-state index in [1.165, 1.54) is 6.20 Å². The van der Waals surface area contributed by atoms with Crippen LogP contribution in [0.3, 0.4) is 0 Å². The molecule has 1 rings (SSSR count). The number of nitrogens with one attached hydrogen (secondary N) is 1. The van der Waals surface area contributed by atoms with Crippen molar-refractivity contribution in [1.29, 1.82) is 0 Å². The van der Waals surface area contributed by atoms with Gasteiger partial charge in [-0.2, -0.15) is 4.39 Å². The predicted octanol–water partition coefficient (Wildman–Crippen LogP) is 1.05. The Labute approximate surface area is 58.3 Å². The van der Waals surface area contributed by atoms with Crippen LogP contribution in [0.5, 0.6) is 0 Å². The fraction of sp³-hybridized carbons (Fsp3) is 0.333. The second-order valence-electron chi connectivity index (χ2n) is 1.75. The van der Waals surface area contributed by atoms with Gasteiger partial charge in [0.1, 0.15) is 5.82 Å². The quantitative estimate of drug-likeness (QED) is 0.668. The Morgan fingerprint density at radius 3 is 2.80 bits per heavy atom. The van der Waals surface area contributed by atoms with Gasteiger partial charge in [0, 0.05) is 6.54 Å². The van der Waals surface area contributed by atoms with Gasteiger partial charge in [-0.1, -0.05) is 0 Å². The molecule has 0 spiro atoms. The molecule has 0 aliphatic carbocycles. The Hall–Kier alpha value is -1.19. The summed E-state index contributed by atoms with van der Waals surface area (Å²) in [5.74, 6) is 0.0468. The number of rotatable bonds is 2. The van der Waals surface area contributed by atoms with Crippen LogP contribution in [0.25, 0.3) is 0 Å². The zero-order chi connectivity index (χ0) is 7.40. The SMILES string of the molecule is CCNc1cnc(F)cn1. The summed E-state index contributed by atoms with van der Waals surface area (Å²) >= 11 is 0. The van der Waals surface area contributed by atoms with Gasteiger partial charge in [0.25, 0.3) is 0 Å². The Kier molecular flexibility index (Phi) is 2.15. The zero-order valence-corrected chi connectivity index (χ0v) is 5.63. The summed E-state index contributed by atoms with van der Waals surface area (Å²) in [5.41, 5.74) is 0. The Morgan fingerprint density at radius 2 is 2.30 bits per heavy atom. The van der Waals surface area contributed by atoms with E-state index in [1.54, 1.807) is 0 Å². The minimum atomic E-state index is -0.554. The lowest BCUT2D eigenvalue weighted by Crippen LogP contribution is -1.99. The zero-order valence-electron chi connectivity index (χ0n) is 5.63. The molecule has 0 aromatic carbocycles. The fourth-order valence-corrected chi connectivity index (χ4v) is 0.585. The first kappa shape index (κ1) is 6.92. The molecule has 3 nitrogen and oxygen atoms in total. The van der Waals surface area contributed by atoms with Gasteiger partial charge in [-0.05, 0) is 6.92 Å². The molecule has 0 amide bonds. The number of aromatic nitrogens is 2. The summed E-state index contributed by atoms with van der Waals surface area (Å²) in [6.07, 6.45) is 2.44. The van der Waals surface area contributed by atoms with Crippen molar-refractivity contribution in [1.82, 2.24) is 9.97 Å². The summed E-state index contributed by atoms with van der Waals surface area (Å²) < 4.78 is 12.1. The molecule has 1 heterocycles. The van der Waals surface area contributed by atoms with Crippen LogP contribution in [-0.2, 0) is 0 Å². The van der Waals surface area contributed by atoms with Crippen molar-refractivity contribution in [3.05, 3.63) is 18.3 Å². The van der Waals surface area contributed by atoms with E-state index in [1.807, 2.05) is 6.92 Å². The second-order valence-corrected chi connectivity index (χ2v) is 1.75. The fourth-order valence-electron chi connectivity index (χ4n) is 0.585. The maximum atomic E-state index is 12.1. The second kappa shape index (κ2) is 3.10. The van der Waals surface area contributed by atoms with Crippen molar-refractivity contribution in [3.8, 4) is 0 Å². The van der Waals surface area contributed by atoms with E-state index in [2.05, 4.69) is 15.3 Å². The molecule has 54 valence electrons. The molecule has 4 heteroatoms. The van der Waals surface area contributed by atoms with Crippen LogP contribution in [0.15, 0.2) is 12.4 Å². The highest BCUT2D eigenvalue weighted by Crippen LogP contribution is 1.97. The van der Waals surface area contributed by atoms with Gasteiger partial charge in [0.05, 0.1) is 12.4 Å². The maximum absolute atomic E-state index is 12.1. The van der Waals surface area contributed by atoms with Gasteiger partial charge < -0.3 is 5.32 Å². The highest BCUT2D eigenvalue weighted by Gasteiger charge is 1.91. The van der Waals surface area contributed by atoms with Crippen LogP contribution in [0.1, 0.15) is 6.92 Å². The first-order valence-electron chi connectivity index (χ1n) is 3.04. The van der Waals surface area contributed by atoms with Gasteiger partial charge >= 0.3 is 0 Å². The van der Waals surface area contributed by atoms with Crippen LogP contribution in [-0.4, -0.2) is 16.5 Å². The van der Waals surface area contributed by atoms with Crippen LogP contribution >= 0.6 is 0 Å². The van der Waals surface area contributed by atoms with Gasteiger partial charge in [-0.3, -0.25) is 0 Å². The first-order valence-corrected chi connectivity index (χ1v) is 3.04. The van der Waals surface area contributed by atoms with Gasteiger partial charge in [-0.25, -0.2) is 9.97 Å². The highest BCUT2D eigenvalue weighted by molar-refractivity contribution is 5.29. The number of hydrogen-bond acceptors (Lipinski definition) is 3. The molecule has 0 bridgehead atoms. The van der Waals surface area contributed by atoms with E-state index in [-0.39, 0.29) is 0 Å². The summed E-state index contributed by atoms with van der Waals surface area (Å²) in [4.78, 5) is 7.13. The van der Waals surface area contributed by atoms with Crippen molar-refractivity contribution in [2.45, 2.75) is 6.92 Å². The van der Waals surface area contributed by atoms with E-state index in [0.717, 1.165) is 12.7 Å². The highest BCUT2D eigenvalue weighted by atomic mass is 19.1. The lowest BCUT2D eigenvalue weighted by molar-refractivity contribution is 0.577. The average molecular weight is 141 g/mol. The lowest BCUT2D eigenvalue weighted by Gasteiger charge is -1.98. The van der Waals surface area contributed by atoms with E-state index in [9.17, 15) is 4.39 Å². The van der Waals surface area contributed by atoms with Crippen molar-refractivity contribution >= 4 is 5.82 Å². The van der Waals surface area contributed by atoms with Crippen molar-refractivity contribution < 1.29 is 4.39 Å². The summed E-state index contributed by atoms with van der Waals surface area (Å²) in [6, 6.07) is 0. The third-order valence-corrected chi connectivity index (χ3v) is 0.978. The third kappa shape index (κ3) is 1.65. The van der Waals surface area contributed by atoms with Crippen molar-refractivity contribution in [3.63, 3.8) is 0 Å². The largest absolute Gasteiger partial charge is 0.369 e. The molecule has 0 fully saturated rings. The topological polar surface area (TPSA) is 37.8 Å². The van der Waals surface area contributed by atoms with E-state index < -0.39 is 5.95 Å². The van der Waals surface area contributed by atoms with Gasteiger partial charge in [-0.15, -0.1) is 0 Å². The number of anilines is 1. The Bertz CT molecular complexity index is 197. The van der Waals surface area contributed by atoms with E-state index in [0.29, 0.717) is 5.82 Å². The summed E-state index contributed by atoms with van der Waals surface area (Å²) in [5, 5.41) is 2.89. The van der Waals surface area contributed by atoms with Crippen molar-refractivity contribution in [2.24, 2.45) is 0 Å². The molecule has 1 aromatic rings. The maximum Gasteiger partial charge on any atom is 0.231 e.